The SMILES string of the molecule is O=C(O)NC1=C2NC=CN2C=CC=C1. The van der Waals surface area contributed by atoms with E-state index in [-0.39, 0.29) is 0 Å². The molecule has 14 heavy (non-hydrogen) atoms. The zero-order chi connectivity index (χ0) is 9.97. The molecule has 0 radical (unpaired) electrons. The van der Waals surface area contributed by atoms with Crippen LogP contribution in [-0.4, -0.2) is 16.1 Å². The lowest BCUT2D eigenvalue weighted by molar-refractivity contribution is 0.197. The fourth-order valence-corrected chi connectivity index (χ4v) is 1.28. The van der Waals surface area contributed by atoms with Crippen molar-refractivity contribution in [3.8, 4) is 0 Å². The third-order valence-corrected chi connectivity index (χ3v) is 1.83. The summed E-state index contributed by atoms with van der Waals surface area (Å²) in [6, 6.07) is 0. The molecule has 5 heteroatoms. The number of hydrogen-bond donors (Lipinski definition) is 3. The van der Waals surface area contributed by atoms with Gasteiger partial charge in [0.15, 0.2) is 0 Å². The molecule has 2 aliphatic rings. The minimum Gasteiger partial charge on any atom is -0.465 e. The molecule has 1 amide bonds. The van der Waals surface area contributed by atoms with Crippen molar-refractivity contribution in [3.63, 3.8) is 0 Å². The zero-order valence-corrected chi connectivity index (χ0v) is 7.27. The normalized spacial score (nSPS) is 17.9. The third kappa shape index (κ3) is 1.47. The van der Waals surface area contributed by atoms with Gasteiger partial charge in [0, 0.05) is 18.6 Å². The molecule has 5 nitrogen and oxygen atoms in total. The second-order valence-electron chi connectivity index (χ2n) is 2.76. The largest absolute Gasteiger partial charge is 0.465 e. The Balaban J connectivity index is 2.31. The summed E-state index contributed by atoms with van der Waals surface area (Å²) in [7, 11) is 0. The van der Waals surface area contributed by atoms with Gasteiger partial charge < -0.3 is 15.3 Å². The first-order valence-electron chi connectivity index (χ1n) is 4.08. The number of carboxylic acid groups (broad SMARTS) is 1. The summed E-state index contributed by atoms with van der Waals surface area (Å²) in [5, 5.41) is 13.9. The molecule has 0 fully saturated rings. The summed E-state index contributed by atoms with van der Waals surface area (Å²) in [6.45, 7) is 0. The molecule has 0 spiro atoms. The van der Waals surface area contributed by atoms with Gasteiger partial charge in [-0.05, 0) is 12.2 Å². The summed E-state index contributed by atoms with van der Waals surface area (Å²) in [5.41, 5.74) is 0.521. The highest BCUT2D eigenvalue weighted by molar-refractivity contribution is 5.68. The second-order valence-corrected chi connectivity index (χ2v) is 2.76. The van der Waals surface area contributed by atoms with Gasteiger partial charge in [-0.15, -0.1) is 0 Å². The Morgan fingerprint density at radius 2 is 2.29 bits per heavy atom. The van der Waals surface area contributed by atoms with Crippen molar-refractivity contribution >= 4 is 6.09 Å². The lowest BCUT2D eigenvalue weighted by Crippen LogP contribution is -2.26. The first-order chi connectivity index (χ1) is 6.77. The highest BCUT2D eigenvalue weighted by atomic mass is 16.4. The zero-order valence-electron chi connectivity index (χ0n) is 7.27. The van der Waals surface area contributed by atoms with E-state index in [4.69, 9.17) is 5.11 Å². The minimum absolute atomic E-state index is 0.521. The first-order valence-corrected chi connectivity index (χ1v) is 4.08. The highest BCUT2D eigenvalue weighted by Gasteiger charge is 2.15. The molecule has 0 atom stereocenters. The van der Waals surface area contributed by atoms with Crippen LogP contribution in [0, 0.1) is 0 Å². The van der Waals surface area contributed by atoms with Crippen LogP contribution in [0.2, 0.25) is 0 Å². The lowest BCUT2D eigenvalue weighted by Gasteiger charge is -2.14. The number of allylic oxidation sites excluding steroid dienone is 3. The van der Waals surface area contributed by atoms with Crippen LogP contribution in [-0.2, 0) is 0 Å². The van der Waals surface area contributed by atoms with Crippen LogP contribution < -0.4 is 10.6 Å². The monoisotopic (exact) mass is 191 g/mol. The molecule has 0 aliphatic carbocycles. The molecule has 0 unspecified atom stereocenters. The van der Waals surface area contributed by atoms with Crippen molar-refractivity contribution in [2.24, 2.45) is 0 Å². The maximum absolute atomic E-state index is 10.5. The van der Waals surface area contributed by atoms with Gasteiger partial charge in [-0.2, -0.15) is 0 Å². The number of nitrogens with zero attached hydrogens (tertiary/aromatic N) is 1. The van der Waals surface area contributed by atoms with Gasteiger partial charge in [0.25, 0.3) is 0 Å². The van der Waals surface area contributed by atoms with Gasteiger partial charge in [0.2, 0.25) is 0 Å². The van der Waals surface area contributed by atoms with Crippen LogP contribution in [0.5, 0.6) is 0 Å². The third-order valence-electron chi connectivity index (χ3n) is 1.83. The average molecular weight is 191 g/mol. The van der Waals surface area contributed by atoms with E-state index in [2.05, 4.69) is 10.6 Å². The van der Waals surface area contributed by atoms with Crippen molar-refractivity contribution in [2.75, 3.05) is 0 Å². The quantitative estimate of drug-likeness (QED) is 0.575. The van der Waals surface area contributed by atoms with E-state index in [1.807, 2.05) is 18.5 Å². The summed E-state index contributed by atoms with van der Waals surface area (Å²) in [6.07, 6.45) is 9.59. The fraction of sp³-hybridized carbons (Fsp3) is 0. The van der Waals surface area contributed by atoms with Crippen LogP contribution in [0.25, 0.3) is 0 Å². The van der Waals surface area contributed by atoms with Gasteiger partial charge in [0.05, 0.1) is 5.70 Å². The average Bonchev–Trinajstić information content (AvgIpc) is 2.51. The van der Waals surface area contributed by atoms with Crippen LogP contribution in [0.3, 0.4) is 0 Å². The summed E-state index contributed by atoms with van der Waals surface area (Å²) >= 11 is 0. The topological polar surface area (TPSA) is 64.6 Å². The molecule has 0 aromatic carbocycles. The van der Waals surface area contributed by atoms with Crippen LogP contribution >= 0.6 is 0 Å². The molecule has 2 rings (SSSR count). The van der Waals surface area contributed by atoms with E-state index in [0.717, 1.165) is 0 Å². The van der Waals surface area contributed by atoms with Gasteiger partial charge in [-0.25, -0.2) is 4.79 Å². The molecule has 72 valence electrons. The van der Waals surface area contributed by atoms with E-state index in [0.29, 0.717) is 11.5 Å². The molecule has 0 saturated carbocycles. The molecular formula is C9H9N3O2. The summed E-state index contributed by atoms with van der Waals surface area (Å²) < 4.78 is 0. The Labute approximate surface area is 80.7 Å². The van der Waals surface area contributed by atoms with Crippen molar-refractivity contribution in [3.05, 3.63) is 48.3 Å². The van der Waals surface area contributed by atoms with Crippen molar-refractivity contribution in [1.29, 1.82) is 0 Å². The minimum atomic E-state index is -1.08. The van der Waals surface area contributed by atoms with Crippen molar-refractivity contribution < 1.29 is 9.90 Å². The Bertz CT molecular complexity index is 380. The number of carbonyl (C=O) groups is 1. The number of amides is 1. The molecule has 0 bridgehead atoms. The number of fused-ring (bicyclic) bond motifs is 1. The van der Waals surface area contributed by atoms with Crippen LogP contribution in [0.1, 0.15) is 0 Å². The maximum atomic E-state index is 10.5. The predicted octanol–water partition coefficient (Wildman–Crippen LogP) is 0.883. The number of rotatable bonds is 1. The van der Waals surface area contributed by atoms with E-state index >= 15 is 0 Å². The molecule has 0 saturated heterocycles. The molecule has 2 heterocycles. The van der Waals surface area contributed by atoms with Gasteiger partial charge in [-0.1, -0.05) is 6.08 Å². The van der Waals surface area contributed by atoms with E-state index in [1.165, 1.54) is 0 Å². The van der Waals surface area contributed by atoms with Crippen LogP contribution in [0.15, 0.2) is 48.3 Å². The summed E-state index contributed by atoms with van der Waals surface area (Å²) in [5.74, 6) is 0.706. The van der Waals surface area contributed by atoms with Gasteiger partial charge in [-0.3, -0.25) is 5.32 Å². The molecule has 0 aromatic heterocycles. The standard InChI is InChI=1S/C9H9N3O2/c13-9(14)11-7-3-1-2-5-12-6-4-10-8(7)12/h1-6,10-11H,(H,13,14). The Morgan fingerprint density at radius 1 is 1.43 bits per heavy atom. The molecule has 2 aliphatic heterocycles. The highest BCUT2D eigenvalue weighted by Crippen LogP contribution is 2.16. The molecule has 0 aromatic rings. The van der Waals surface area contributed by atoms with Crippen molar-refractivity contribution in [2.45, 2.75) is 0 Å². The Kier molecular flexibility index (Phi) is 1.98. The van der Waals surface area contributed by atoms with Crippen molar-refractivity contribution in [1.82, 2.24) is 15.5 Å². The van der Waals surface area contributed by atoms with Crippen LogP contribution in [0.4, 0.5) is 4.79 Å². The van der Waals surface area contributed by atoms with E-state index in [1.54, 1.807) is 23.3 Å². The fourth-order valence-electron chi connectivity index (χ4n) is 1.28. The van der Waals surface area contributed by atoms with Gasteiger partial charge >= 0.3 is 6.09 Å². The van der Waals surface area contributed by atoms with Gasteiger partial charge in [0.1, 0.15) is 5.82 Å². The maximum Gasteiger partial charge on any atom is 0.409 e. The predicted molar refractivity (Wildman–Crippen MR) is 50.6 cm³/mol. The number of nitrogens with one attached hydrogen (secondary N) is 2. The Morgan fingerprint density at radius 3 is 3.07 bits per heavy atom. The first kappa shape index (κ1) is 8.43. The second kappa shape index (κ2) is 3.29. The summed E-state index contributed by atoms with van der Waals surface area (Å²) in [4.78, 5) is 12.3. The smallest absolute Gasteiger partial charge is 0.409 e. The molecule has 3 N–H and O–H groups in total. The van der Waals surface area contributed by atoms with E-state index < -0.39 is 6.09 Å². The molecular weight excluding hydrogens is 182 g/mol. The Hall–Kier alpha value is -2.17. The lowest BCUT2D eigenvalue weighted by atomic mass is 10.4. The van der Waals surface area contributed by atoms with E-state index in [9.17, 15) is 4.79 Å². The number of hydrogen-bond acceptors (Lipinski definition) is 3.